The van der Waals surface area contributed by atoms with Crippen LogP contribution in [-0.4, -0.2) is 59.3 Å². The van der Waals surface area contributed by atoms with Gasteiger partial charge >= 0.3 is 10.2 Å². The lowest BCUT2D eigenvalue weighted by molar-refractivity contribution is -0.130. The van der Waals surface area contributed by atoms with Gasteiger partial charge in [-0.15, -0.1) is 0 Å². The van der Waals surface area contributed by atoms with E-state index in [1.165, 1.54) is 31.6 Å². The lowest BCUT2D eigenvalue weighted by Gasteiger charge is -2.43. The molecule has 210 valence electrons. The molecule has 1 saturated carbocycles. The van der Waals surface area contributed by atoms with Crippen molar-refractivity contribution < 1.29 is 38.9 Å². The molecular formula is C24H29F5N4O4S. The van der Waals surface area contributed by atoms with Gasteiger partial charge in [0.15, 0.2) is 0 Å². The zero-order chi connectivity index (χ0) is 28.0. The Kier molecular flexibility index (Phi) is 6.78. The van der Waals surface area contributed by atoms with Gasteiger partial charge in [-0.1, -0.05) is 25.5 Å². The fourth-order valence-electron chi connectivity index (χ4n) is 4.85. The molecule has 1 unspecified atom stereocenters. The van der Waals surface area contributed by atoms with Crippen molar-refractivity contribution >= 4 is 27.7 Å². The van der Waals surface area contributed by atoms with Crippen LogP contribution in [0.3, 0.4) is 0 Å². The Balaban J connectivity index is 1.76. The summed E-state index contributed by atoms with van der Waals surface area (Å²) in [6, 6.07) is 2.32. The Morgan fingerprint density at radius 3 is 2.34 bits per heavy atom. The molecule has 2 heterocycles. The quantitative estimate of drug-likeness (QED) is 0.415. The second kappa shape index (κ2) is 9.14. The van der Waals surface area contributed by atoms with Gasteiger partial charge in [-0.3, -0.25) is 19.5 Å². The van der Waals surface area contributed by atoms with Crippen LogP contribution < -0.4 is 15.5 Å². The van der Waals surface area contributed by atoms with E-state index in [0.717, 1.165) is 17.0 Å². The molecule has 3 atom stereocenters. The van der Waals surface area contributed by atoms with Crippen LogP contribution in [0, 0.1) is 0 Å². The Morgan fingerprint density at radius 1 is 1.18 bits per heavy atom. The number of benzene rings is 1. The van der Waals surface area contributed by atoms with E-state index in [0.29, 0.717) is 6.54 Å². The Bertz CT molecular complexity index is 1190. The van der Waals surface area contributed by atoms with Crippen LogP contribution in [-0.2, 0) is 14.3 Å². The van der Waals surface area contributed by atoms with Crippen molar-refractivity contribution in [2.24, 2.45) is 0 Å². The summed E-state index contributed by atoms with van der Waals surface area (Å²) >= 11 is 0. The fraction of sp³-hybridized carbons (Fsp3) is 0.458. The second-order valence-corrected chi connectivity index (χ2v) is 12.4. The number of ether oxygens (including phenoxy) is 1. The van der Waals surface area contributed by atoms with E-state index in [4.69, 9.17) is 4.74 Å². The standard InChI is InChI=1S/C24H29F5N4O4S/c1-24(36)11-16(12-24)32-22(34)21(15-4-3-9-30-13-15)33(23(35)20-10-18(37-2)14-31-20)17-5-7-19(8-6-17)38(25,26,27,28)29/h3-9,13,16,18,20-21,31,36H,10-12,14H2,1-2H3,(H,32,34)/t16-,18-,20-,21?,24+/m1/s1. The summed E-state index contributed by atoms with van der Waals surface area (Å²) < 4.78 is 72.2. The van der Waals surface area contributed by atoms with Crippen molar-refractivity contribution in [2.45, 2.75) is 60.9 Å². The molecule has 1 aliphatic carbocycles. The average Bonchev–Trinajstić information content (AvgIpc) is 3.29. The lowest BCUT2D eigenvalue weighted by Crippen LogP contribution is -2.57. The predicted molar refractivity (Wildman–Crippen MR) is 131 cm³/mol. The van der Waals surface area contributed by atoms with Crippen LogP contribution in [0.5, 0.6) is 0 Å². The number of anilines is 1. The number of carbonyl (C=O) groups is 2. The van der Waals surface area contributed by atoms with Gasteiger partial charge in [0.25, 0.3) is 0 Å². The number of halogens is 5. The highest BCUT2D eigenvalue weighted by Gasteiger charge is 2.65. The maximum Gasteiger partial charge on any atom is 0.310 e. The van der Waals surface area contributed by atoms with Crippen molar-refractivity contribution in [3.63, 3.8) is 0 Å². The minimum absolute atomic E-state index is 0.187. The molecule has 1 aromatic heterocycles. The van der Waals surface area contributed by atoms with E-state index in [1.54, 1.807) is 6.92 Å². The first kappa shape index (κ1) is 28.2. The van der Waals surface area contributed by atoms with Crippen molar-refractivity contribution in [1.29, 1.82) is 0 Å². The third-order valence-corrected chi connectivity index (χ3v) is 7.91. The van der Waals surface area contributed by atoms with Crippen LogP contribution in [0.4, 0.5) is 25.1 Å². The Morgan fingerprint density at radius 2 is 1.84 bits per heavy atom. The van der Waals surface area contributed by atoms with Gasteiger partial charge in [0.1, 0.15) is 10.9 Å². The van der Waals surface area contributed by atoms with Gasteiger partial charge in [-0.05, 0) is 56.5 Å². The van der Waals surface area contributed by atoms with Crippen molar-refractivity contribution in [1.82, 2.24) is 15.6 Å². The summed E-state index contributed by atoms with van der Waals surface area (Å²) in [4.78, 5) is 30.3. The molecular weight excluding hydrogens is 535 g/mol. The largest absolute Gasteiger partial charge is 0.390 e. The van der Waals surface area contributed by atoms with Crippen molar-refractivity contribution in [3.8, 4) is 0 Å². The van der Waals surface area contributed by atoms with Gasteiger partial charge in [-0.25, -0.2) is 0 Å². The van der Waals surface area contributed by atoms with Crippen molar-refractivity contribution in [3.05, 3.63) is 54.4 Å². The zero-order valence-electron chi connectivity index (χ0n) is 20.6. The average molecular weight is 565 g/mol. The number of aromatic nitrogens is 1. The number of methoxy groups -OCH3 is 1. The maximum absolute atomic E-state index is 13.8. The summed E-state index contributed by atoms with van der Waals surface area (Å²) in [5, 5.41) is 15.8. The van der Waals surface area contributed by atoms with Gasteiger partial charge in [0.2, 0.25) is 11.8 Å². The minimum atomic E-state index is -9.97. The topological polar surface area (TPSA) is 104 Å². The van der Waals surface area contributed by atoms with Crippen LogP contribution in [0.1, 0.15) is 37.8 Å². The highest BCUT2D eigenvalue weighted by Crippen LogP contribution is 3.02. The zero-order valence-corrected chi connectivity index (χ0v) is 21.4. The monoisotopic (exact) mass is 564 g/mol. The van der Waals surface area contributed by atoms with Crippen LogP contribution in [0.2, 0.25) is 0 Å². The van der Waals surface area contributed by atoms with E-state index < -0.39 is 50.7 Å². The number of nitrogens with one attached hydrogen (secondary N) is 2. The lowest BCUT2D eigenvalue weighted by atomic mass is 9.77. The molecule has 2 fully saturated rings. The molecule has 4 rings (SSSR count). The molecule has 2 aromatic rings. The summed E-state index contributed by atoms with van der Waals surface area (Å²) in [7, 11) is -8.50. The summed E-state index contributed by atoms with van der Waals surface area (Å²) in [6.07, 6.45) is 3.23. The third kappa shape index (κ3) is 6.25. The molecule has 0 radical (unpaired) electrons. The number of hydrogen-bond acceptors (Lipinski definition) is 6. The molecule has 14 heteroatoms. The van der Waals surface area contributed by atoms with E-state index in [2.05, 4.69) is 15.6 Å². The number of pyridine rings is 1. The third-order valence-electron chi connectivity index (χ3n) is 6.75. The first-order valence-corrected chi connectivity index (χ1v) is 13.8. The fourth-order valence-corrected chi connectivity index (χ4v) is 5.50. The Hall–Kier alpha value is -2.81. The molecule has 1 saturated heterocycles. The van der Waals surface area contributed by atoms with Crippen LogP contribution >= 0.6 is 10.2 Å². The molecule has 38 heavy (non-hydrogen) atoms. The van der Waals surface area contributed by atoms with E-state index in [1.807, 2.05) is 0 Å². The number of amides is 2. The van der Waals surface area contributed by atoms with E-state index >= 15 is 0 Å². The molecule has 0 spiro atoms. The predicted octanol–water partition coefficient (Wildman–Crippen LogP) is 4.22. The number of hydrogen-bond donors (Lipinski definition) is 3. The second-order valence-electron chi connectivity index (χ2n) is 10.0. The summed E-state index contributed by atoms with van der Waals surface area (Å²) in [5.74, 6) is -1.32. The van der Waals surface area contributed by atoms with Crippen molar-refractivity contribution in [2.75, 3.05) is 18.6 Å². The minimum Gasteiger partial charge on any atom is -0.390 e. The molecule has 2 aliphatic rings. The highest BCUT2D eigenvalue weighted by molar-refractivity contribution is 8.45. The molecule has 8 nitrogen and oxygen atoms in total. The molecule has 1 aliphatic heterocycles. The number of aliphatic hydroxyl groups is 1. The number of rotatable bonds is 8. The smallest absolute Gasteiger partial charge is 0.310 e. The van der Waals surface area contributed by atoms with Crippen LogP contribution in [0.25, 0.3) is 0 Å². The van der Waals surface area contributed by atoms with E-state index in [-0.39, 0.29) is 48.8 Å². The Labute approximate surface area is 216 Å². The SMILES string of the molecule is CO[C@H]1CN[C@@H](C(=O)N(c2ccc(S(F)(F)(F)(F)F)cc2)C(C(=O)N[C@H]2C[C@@](C)(O)C2)c2cccnc2)C1. The van der Waals surface area contributed by atoms with Gasteiger partial charge in [0.05, 0.1) is 17.7 Å². The van der Waals surface area contributed by atoms with E-state index in [9.17, 15) is 34.1 Å². The van der Waals surface area contributed by atoms with Gasteiger partial charge < -0.3 is 20.5 Å². The van der Waals surface area contributed by atoms with Gasteiger partial charge in [0, 0.05) is 43.3 Å². The number of nitrogens with zero attached hydrogens (tertiary/aromatic N) is 2. The molecule has 0 bridgehead atoms. The molecule has 1 aromatic carbocycles. The normalized spacial score (nSPS) is 27.9. The maximum atomic E-state index is 13.8. The number of carbonyl (C=O) groups excluding carboxylic acids is 2. The first-order chi connectivity index (χ1) is 17.5. The summed E-state index contributed by atoms with van der Waals surface area (Å²) in [5.41, 5.74) is -0.892. The van der Waals surface area contributed by atoms with Gasteiger partial charge in [-0.2, -0.15) is 0 Å². The molecule has 2 amide bonds. The molecule has 3 N–H and O–H groups in total. The first-order valence-electron chi connectivity index (χ1n) is 11.8. The van der Waals surface area contributed by atoms with Crippen LogP contribution in [0.15, 0.2) is 53.7 Å². The highest BCUT2D eigenvalue weighted by atomic mass is 32.5. The summed E-state index contributed by atoms with van der Waals surface area (Å²) in [6.45, 7) is 1.94.